The van der Waals surface area contributed by atoms with Crippen molar-refractivity contribution in [3.05, 3.63) is 34.9 Å². The van der Waals surface area contributed by atoms with Gasteiger partial charge in [-0.1, -0.05) is 29.8 Å². The normalized spacial score (nSPS) is 22.1. The predicted molar refractivity (Wildman–Crippen MR) is 113 cm³/mol. The van der Waals surface area contributed by atoms with Crippen molar-refractivity contribution in [1.82, 2.24) is 15.5 Å². The number of aryl methyl sites for hydroxylation is 1. The van der Waals surface area contributed by atoms with Crippen molar-refractivity contribution in [3.8, 4) is 0 Å². The van der Waals surface area contributed by atoms with Crippen LogP contribution < -0.4 is 10.6 Å². The molecule has 0 bridgehead atoms. The molecule has 5 nitrogen and oxygen atoms in total. The standard InChI is InChI=1S/C21H33ClN4O/c1-23-21(24-11-4-6-18-5-2-3-7-20(18)22)25-19-8-12-26(13-9-19)15-17-10-14-27-16-17/h2-3,5,7,17,19H,4,6,8-16H2,1H3,(H2,23,24,25). The van der Waals surface area contributed by atoms with E-state index in [0.29, 0.717) is 6.04 Å². The lowest BCUT2D eigenvalue weighted by Gasteiger charge is -2.34. The number of likely N-dealkylation sites (tertiary alicyclic amines) is 1. The summed E-state index contributed by atoms with van der Waals surface area (Å²) in [5.74, 6) is 1.65. The SMILES string of the molecule is CN=C(NCCCc1ccccc1Cl)NC1CCN(CC2CCOC2)CC1. The lowest BCUT2D eigenvalue weighted by Crippen LogP contribution is -2.49. The summed E-state index contributed by atoms with van der Waals surface area (Å²) in [6.45, 7) is 6.31. The highest BCUT2D eigenvalue weighted by molar-refractivity contribution is 6.31. The van der Waals surface area contributed by atoms with E-state index in [9.17, 15) is 0 Å². The van der Waals surface area contributed by atoms with Crippen LogP contribution in [-0.2, 0) is 11.2 Å². The van der Waals surface area contributed by atoms with Gasteiger partial charge in [0.25, 0.3) is 0 Å². The summed E-state index contributed by atoms with van der Waals surface area (Å²) in [6.07, 6.45) is 5.59. The summed E-state index contributed by atoms with van der Waals surface area (Å²) >= 11 is 6.22. The van der Waals surface area contributed by atoms with Gasteiger partial charge in [-0.2, -0.15) is 0 Å². The van der Waals surface area contributed by atoms with Crippen molar-refractivity contribution >= 4 is 17.6 Å². The molecule has 2 N–H and O–H groups in total. The Balaban J connectivity index is 1.31. The molecule has 0 spiro atoms. The van der Waals surface area contributed by atoms with Crippen LogP contribution in [-0.4, -0.2) is 63.3 Å². The summed E-state index contributed by atoms with van der Waals surface area (Å²) in [5, 5.41) is 7.89. The number of aliphatic imine (C=N–C) groups is 1. The highest BCUT2D eigenvalue weighted by Crippen LogP contribution is 2.18. The first-order chi connectivity index (χ1) is 13.2. The number of nitrogens with one attached hydrogen (secondary N) is 2. The van der Waals surface area contributed by atoms with Gasteiger partial charge in [0.2, 0.25) is 0 Å². The first-order valence-electron chi connectivity index (χ1n) is 10.3. The molecule has 1 aromatic rings. The maximum absolute atomic E-state index is 6.22. The first-order valence-corrected chi connectivity index (χ1v) is 10.6. The molecule has 0 amide bonds. The van der Waals surface area contributed by atoms with E-state index in [-0.39, 0.29) is 0 Å². The third-order valence-electron chi connectivity index (χ3n) is 5.57. The maximum Gasteiger partial charge on any atom is 0.191 e. The molecule has 3 rings (SSSR count). The number of hydrogen-bond acceptors (Lipinski definition) is 3. The van der Waals surface area contributed by atoms with E-state index in [1.54, 1.807) is 0 Å². The van der Waals surface area contributed by atoms with Gasteiger partial charge in [0.1, 0.15) is 0 Å². The van der Waals surface area contributed by atoms with Crippen molar-refractivity contribution in [2.75, 3.05) is 46.4 Å². The zero-order valence-corrected chi connectivity index (χ0v) is 17.2. The van der Waals surface area contributed by atoms with Crippen LogP contribution in [0.1, 0.15) is 31.2 Å². The zero-order valence-electron chi connectivity index (χ0n) is 16.4. The van der Waals surface area contributed by atoms with E-state index >= 15 is 0 Å². The first kappa shape index (κ1) is 20.4. The fourth-order valence-corrected chi connectivity index (χ4v) is 4.16. The van der Waals surface area contributed by atoms with Gasteiger partial charge >= 0.3 is 0 Å². The van der Waals surface area contributed by atoms with Crippen LogP contribution >= 0.6 is 11.6 Å². The fraction of sp³-hybridized carbons (Fsp3) is 0.667. The van der Waals surface area contributed by atoms with Gasteiger partial charge in [-0.05, 0) is 49.7 Å². The minimum Gasteiger partial charge on any atom is -0.381 e. The van der Waals surface area contributed by atoms with Crippen molar-refractivity contribution < 1.29 is 4.74 Å². The number of hydrogen-bond donors (Lipinski definition) is 2. The van der Waals surface area contributed by atoms with Crippen molar-refractivity contribution in [3.63, 3.8) is 0 Å². The van der Waals surface area contributed by atoms with Gasteiger partial charge in [0, 0.05) is 50.9 Å². The Labute approximate surface area is 168 Å². The van der Waals surface area contributed by atoms with E-state index in [1.165, 1.54) is 31.4 Å². The number of nitrogens with zero attached hydrogens (tertiary/aromatic N) is 2. The molecule has 0 saturated carbocycles. The van der Waals surface area contributed by atoms with Gasteiger partial charge in [0.15, 0.2) is 5.96 Å². The third kappa shape index (κ3) is 6.66. The molecule has 0 aromatic heterocycles. The van der Waals surface area contributed by atoms with E-state index < -0.39 is 0 Å². The quantitative estimate of drug-likeness (QED) is 0.425. The number of piperidine rings is 1. The highest BCUT2D eigenvalue weighted by atomic mass is 35.5. The molecule has 2 heterocycles. The zero-order chi connectivity index (χ0) is 18.9. The molecule has 1 aromatic carbocycles. The van der Waals surface area contributed by atoms with E-state index in [0.717, 1.165) is 62.6 Å². The summed E-state index contributed by atoms with van der Waals surface area (Å²) in [6, 6.07) is 8.58. The van der Waals surface area contributed by atoms with Crippen LogP contribution in [0, 0.1) is 5.92 Å². The molecule has 1 atom stereocenters. The molecule has 2 saturated heterocycles. The molecule has 2 aliphatic heterocycles. The number of benzene rings is 1. The largest absolute Gasteiger partial charge is 0.381 e. The van der Waals surface area contributed by atoms with Crippen LogP contribution in [0.4, 0.5) is 0 Å². The van der Waals surface area contributed by atoms with Crippen LogP contribution in [0.25, 0.3) is 0 Å². The van der Waals surface area contributed by atoms with Crippen molar-refractivity contribution in [1.29, 1.82) is 0 Å². The monoisotopic (exact) mass is 392 g/mol. The van der Waals surface area contributed by atoms with Crippen LogP contribution in [0.2, 0.25) is 5.02 Å². The minimum atomic E-state index is 0.510. The van der Waals surface area contributed by atoms with Gasteiger partial charge < -0.3 is 20.3 Å². The Morgan fingerprint density at radius 1 is 1.26 bits per heavy atom. The highest BCUT2D eigenvalue weighted by Gasteiger charge is 2.24. The second kappa shape index (κ2) is 10.9. The van der Waals surface area contributed by atoms with Crippen LogP contribution in [0.5, 0.6) is 0 Å². The minimum absolute atomic E-state index is 0.510. The molecule has 1 unspecified atom stereocenters. The Morgan fingerprint density at radius 3 is 2.78 bits per heavy atom. The van der Waals surface area contributed by atoms with Gasteiger partial charge in [-0.15, -0.1) is 0 Å². The molecule has 0 aliphatic carbocycles. The summed E-state index contributed by atoms with van der Waals surface area (Å²) in [4.78, 5) is 6.98. The van der Waals surface area contributed by atoms with Crippen molar-refractivity contribution in [2.45, 2.75) is 38.1 Å². The van der Waals surface area contributed by atoms with Gasteiger partial charge in [0.05, 0.1) is 6.61 Å². The Morgan fingerprint density at radius 2 is 2.07 bits per heavy atom. The van der Waals surface area contributed by atoms with E-state index in [2.05, 4.69) is 26.6 Å². The molecular weight excluding hydrogens is 360 g/mol. The predicted octanol–water partition coefficient (Wildman–Crippen LogP) is 2.94. The van der Waals surface area contributed by atoms with Gasteiger partial charge in [-0.3, -0.25) is 4.99 Å². The molecule has 2 aliphatic rings. The third-order valence-corrected chi connectivity index (χ3v) is 5.93. The summed E-state index contributed by atoms with van der Waals surface area (Å²) < 4.78 is 5.50. The van der Waals surface area contributed by atoms with Crippen molar-refractivity contribution in [2.24, 2.45) is 10.9 Å². The Bertz CT molecular complexity index is 596. The topological polar surface area (TPSA) is 48.9 Å². The maximum atomic E-state index is 6.22. The van der Waals surface area contributed by atoms with Gasteiger partial charge in [-0.25, -0.2) is 0 Å². The Hall–Kier alpha value is -1.30. The lowest BCUT2D eigenvalue weighted by molar-refractivity contribution is 0.150. The Kier molecular flexibility index (Phi) is 8.24. The smallest absolute Gasteiger partial charge is 0.191 e. The molecular formula is C21H33ClN4O. The lowest BCUT2D eigenvalue weighted by atomic mass is 10.0. The molecule has 0 radical (unpaired) electrons. The number of rotatable bonds is 7. The van der Waals surface area contributed by atoms with Crippen LogP contribution in [0.15, 0.2) is 29.3 Å². The summed E-state index contributed by atoms with van der Waals surface area (Å²) in [7, 11) is 1.85. The summed E-state index contributed by atoms with van der Waals surface area (Å²) in [5.41, 5.74) is 1.21. The number of halogens is 1. The fourth-order valence-electron chi connectivity index (χ4n) is 3.93. The second-order valence-electron chi connectivity index (χ2n) is 7.64. The molecule has 6 heteroatoms. The average molecular weight is 393 g/mol. The number of ether oxygens (including phenoxy) is 1. The average Bonchev–Trinajstić information content (AvgIpc) is 3.20. The molecule has 2 fully saturated rings. The second-order valence-corrected chi connectivity index (χ2v) is 8.05. The van der Waals surface area contributed by atoms with Crippen LogP contribution in [0.3, 0.4) is 0 Å². The molecule has 150 valence electrons. The molecule has 27 heavy (non-hydrogen) atoms. The number of guanidine groups is 1. The van der Waals surface area contributed by atoms with E-state index in [1.807, 2.05) is 25.2 Å². The van der Waals surface area contributed by atoms with E-state index in [4.69, 9.17) is 16.3 Å².